The second-order valence-electron chi connectivity index (χ2n) is 6.20. The molecule has 0 radical (unpaired) electrons. The van der Waals surface area contributed by atoms with Crippen LogP contribution in [0.25, 0.3) is 0 Å². The van der Waals surface area contributed by atoms with Crippen molar-refractivity contribution < 1.29 is 9.90 Å². The molecule has 0 aromatic carbocycles. The maximum absolute atomic E-state index is 11.5. The summed E-state index contributed by atoms with van der Waals surface area (Å²) in [5.41, 5.74) is 1.14. The van der Waals surface area contributed by atoms with E-state index in [0.29, 0.717) is 10.3 Å². The smallest absolute Gasteiger partial charge is 0.347 e. The van der Waals surface area contributed by atoms with Gasteiger partial charge in [0.25, 0.3) is 0 Å². The van der Waals surface area contributed by atoms with Crippen molar-refractivity contribution in [2.24, 2.45) is 5.41 Å². The van der Waals surface area contributed by atoms with E-state index in [0.717, 1.165) is 30.3 Å². The van der Waals surface area contributed by atoms with Crippen LogP contribution in [0.3, 0.4) is 0 Å². The van der Waals surface area contributed by atoms with Gasteiger partial charge in [-0.05, 0) is 37.0 Å². The number of rotatable bonds is 6. The fourth-order valence-corrected chi connectivity index (χ4v) is 4.11. The number of thiazole rings is 1. The predicted molar refractivity (Wildman–Crippen MR) is 87.6 cm³/mol. The van der Waals surface area contributed by atoms with Crippen molar-refractivity contribution in [1.82, 2.24) is 4.98 Å². The molecule has 5 heteroatoms. The fraction of sp³-hybridized carbons (Fsp3) is 0.750. The van der Waals surface area contributed by atoms with Gasteiger partial charge >= 0.3 is 5.97 Å². The van der Waals surface area contributed by atoms with Gasteiger partial charge in [0.15, 0.2) is 5.13 Å². The lowest BCUT2D eigenvalue weighted by atomic mass is 9.82. The lowest BCUT2D eigenvalue weighted by Gasteiger charge is -2.26. The highest BCUT2D eigenvalue weighted by Gasteiger charge is 2.36. The van der Waals surface area contributed by atoms with Crippen LogP contribution in [0, 0.1) is 5.41 Å². The SMILES string of the molecule is CCC(C)c1nc(N2CCC(CC)(CC)C2)sc1C(=O)O. The average Bonchev–Trinajstić information content (AvgIpc) is 3.11. The van der Waals surface area contributed by atoms with Crippen molar-refractivity contribution in [3.63, 3.8) is 0 Å². The van der Waals surface area contributed by atoms with Gasteiger partial charge in [-0.15, -0.1) is 0 Å². The number of aromatic nitrogens is 1. The van der Waals surface area contributed by atoms with Crippen LogP contribution in [-0.4, -0.2) is 29.1 Å². The molecule has 1 fully saturated rings. The van der Waals surface area contributed by atoms with Crippen molar-refractivity contribution in [3.05, 3.63) is 10.6 Å². The van der Waals surface area contributed by atoms with Gasteiger partial charge in [-0.2, -0.15) is 0 Å². The summed E-state index contributed by atoms with van der Waals surface area (Å²) in [4.78, 5) is 18.9. The Bertz CT molecular complexity index is 508. The van der Waals surface area contributed by atoms with E-state index in [1.807, 2.05) is 0 Å². The molecule has 1 N–H and O–H groups in total. The standard InChI is InChI=1S/C16H26N2O2S/c1-5-11(4)12-13(14(19)20)21-15(17-12)18-9-8-16(6-2,7-3)10-18/h11H,5-10H2,1-4H3,(H,19,20). The Kier molecular flexibility index (Phi) is 4.91. The monoisotopic (exact) mass is 310 g/mol. The minimum atomic E-state index is -0.842. The number of carboxylic acids is 1. The maximum Gasteiger partial charge on any atom is 0.347 e. The Balaban J connectivity index is 2.28. The van der Waals surface area contributed by atoms with Gasteiger partial charge in [0, 0.05) is 13.1 Å². The molecule has 4 nitrogen and oxygen atoms in total. The topological polar surface area (TPSA) is 53.4 Å². The van der Waals surface area contributed by atoms with E-state index in [2.05, 4.69) is 37.6 Å². The molecule has 0 bridgehead atoms. The van der Waals surface area contributed by atoms with Crippen LogP contribution >= 0.6 is 11.3 Å². The molecule has 21 heavy (non-hydrogen) atoms. The molecule has 1 saturated heterocycles. The number of aromatic carboxylic acids is 1. The van der Waals surface area contributed by atoms with Crippen molar-refractivity contribution in [3.8, 4) is 0 Å². The largest absolute Gasteiger partial charge is 0.477 e. The van der Waals surface area contributed by atoms with Crippen LogP contribution in [0.15, 0.2) is 0 Å². The van der Waals surface area contributed by atoms with E-state index >= 15 is 0 Å². The first kappa shape index (κ1) is 16.3. The number of carboxylic acid groups (broad SMARTS) is 1. The summed E-state index contributed by atoms with van der Waals surface area (Å²) >= 11 is 1.35. The third-order valence-corrected chi connectivity index (χ3v) is 6.24. The molecule has 1 unspecified atom stereocenters. The first-order valence-electron chi connectivity index (χ1n) is 7.95. The third kappa shape index (κ3) is 3.07. The van der Waals surface area contributed by atoms with Gasteiger partial charge in [0.05, 0.1) is 5.69 Å². The molecular weight excluding hydrogens is 284 g/mol. The molecule has 2 heterocycles. The molecule has 1 aromatic rings. The van der Waals surface area contributed by atoms with Crippen LogP contribution in [0.1, 0.15) is 74.7 Å². The molecule has 0 aliphatic carbocycles. The minimum absolute atomic E-state index is 0.200. The molecule has 1 aromatic heterocycles. The summed E-state index contributed by atoms with van der Waals surface area (Å²) in [7, 11) is 0. The zero-order valence-corrected chi connectivity index (χ0v) is 14.3. The second-order valence-corrected chi connectivity index (χ2v) is 7.18. The Morgan fingerprint density at radius 2 is 2.10 bits per heavy atom. The molecule has 1 atom stereocenters. The summed E-state index contributed by atoms with van der Waals surface area (Å²) in [5, 5.41) is 10.3. The van der Waals surface area contributed by atoms with E-state index in [-0.39, 0.29) is 5.92 Å². The van der Waals surface area contributed by atoms with E-state index < -0.39 is 5.97 Å². The van der Waals surface area contributed by atoms with Gasteiger partial charge in [-0.3, -0.25) is 0 Å². The molecule has 0 amide bonds. The number of hydrogen-bond acceptors (Lipinski definition) is 4. The fourth-order valence-electron chi connectivity index (χ4n) is 3.06. The highest BCUT2D eigenvalue weighted by atomic mass is 32.1. The Morgan fingerprint density at radius 1 is 1.43 bits per heavy atom. The van der Waals surface area contributed by atoms with Gasteiger partial charge in [-0.25, -0.2) is 9.78 Å². The van der Waals surface area contributed by atoms with Crippen LogP contribution in [0.2, 0.25) is 0 Å². The summed E-state index contributed by atoms with van der Waals surface area (Å²) in [5.74, 6) is -0.642. The van der Waals surface area contributed by atoms with Crippen LogP contribution in [0.4, 0.5) is 5.13 Å². The van der Waals surface area contributed by atoms with Gasteiger partial charge in [0.2, 0.25) is 0 Å². The minimum Gasteiger partial charge on any atom is -0.477 e. The lowest BCUT2D eigenvalue weighted by molar-refractivity contribution is 0.0700. The van der Waals surface area contributed by atoms with Crippen molar-refractivity contribution in [1.29, 1.82) is 0 Å². The van der Waals surface area contributed by atoms with Crippen molar-refractivity contribution >= 4 is 22.4 Å². The van der Waals surface area contributed by atoms with Crippen molar-refractivity contribution in [2.75, 3.05) is 18.0 Å². The highest BCUT2D eigenvalue weighted by molar-refractivity contribution is 7.17. The van der Waals surface area contributed by atoms with Crippen LogP contribution < -0.4 is 4.90 Å². The maximum atomic E-state index is 11.5. The molecule has 0 saturated carbocycles. The Labute approximate surface area is 131 Å². The van der Waals surface area contributed by atoms with Gasteiger partial charge in [-0.1, -0.05) is 39.0 Å². The molecule has 1 aliphatic rings. The normalized spacial score (nSPS) is 19.0. The lowest BCUT2D eigenvalue weighted by Crippen LogP contribution is -2.26. The molecular formula is C16H26N2O2S. The van der Waals surface area contributed by atoms with E-state index in [1.165, 1.54) is 30.6 Å². The number of anilines is 1. The number of carbonyl (C=O) groups is 1. The van der Waals surface area contributed by atoms with Gasteiger partial charge < -0.3 is 10.0 Å². The Hall–Kier alpha value is -1.10. The third-order valence-electron chi connectivity index (χ3n) is 5.12. The molecule has 0 spiro atoms. The van der Waals surface area contributed by atoms with Crippen LogP contribution in [-0.2, 0) is 0 Å². The molecule has 2 rings (SSSR count). The van der Waals surface area contributed by atoms with E-state index in [9.17, 15) is 9.90 Å². The highest BCUT2D eigenvalue weighted by Crippen LogP contribution is 2.41. The first-order chi connectivity index (χ1) is 9.96. The average molecular weight is 310 g/mol. The Morgan fingerprint density at radius 3 is 2.57 bits per heavy atom. The summed E-state index contributed by atoms with van der Waals surface area (Å²) in [6.07, 6.45) is 4.45. The summed E-state index contributed by atoms with van der Waals surface area (Å²) < 4.78 is 0. The second kappa shape index (κ2) is 6.34. The first-order valence-corrected chi connectivity index (χ1v) is 8.77. The summed E-state index contributed by atoms with van der Waals surface area (Å²) in [6.45, 7) is 10.6. The number of nitrogens with zero attached hydrogens (tertiary/aromatic N) is 2. The number of hydrogen-bond donors (Lipinski definition) is 1. The van der Waals surface area contributed by atoms with Gasteiger partial charge in [0.1, 0.15) is 4.88 Å². The van der Waals surface area contributed by atoms with E-state index in [4.69, 9.17) is 0 Å². The predicted octanol–water partition coefficient (Wildman–Crippen LogP) is 4.37. The molecule has 1 aliphatic heterocycles. The zero-order valence-electron chi connectivity index (χ0n) is 13.5. The van der Waals surface area contributed by atoms with E-state index in [1.54, 1.807) is 0 Å². The molecule has 118 valence electrons. The quantitative estimate of drug-likeness (QED) is 0.847. The van der Waals surface area contributed by atoms with Crippen molar-refractivity contribution in [2.45, 2.75) is 59.3 Å². The summed E-state index contributed by atoms with van der Waals surface area (Å²) in [6, 6.07) is 0. The van der Waals surface area contributed by atoms with Crippen LogP contribution in [0.5, 0.6) is 0 Å². The zero-order chi connectivity index (χ0) is 15.6.